The van der Waals surface area contributed by atoms with E-state index in [2.05, 4.69) is 75.3 Å². The van der Waals surface area contributed by atoms with E-state index in [1.165, 1.54) is 38.7 Å². The summed E-state index contributed by atoms with van der Waals surface area (Å²) >= 11 is 0. The molecule has 3 rings (SSSR count). The molecule has 0 unspecified atom stereocenters. The highest BCUT2D eigenvalue weighted by Gasteiger charge is 2.15. The largest absolute Gasteiger partial charge is 0.299 e. The Bertz CT molecular complexity index is 891. The van der Waals surface area contributed by atoms with Crippen molar-refractivity contribution in [2.24, 2.45) is 0 Å². The van der Waals surface area contributed by atoms with Crippen molar-refractivity contribution in [2.45, 2.75) is 47.5 Å². The number of hydrogen-bond acceptors (Lipinski definition) is 1. The molecule has 2 nitrogen and oxygen atoms in total. The van der Waals surface area contributed by atoms with Crippen LogP contribution in [0.3, 0.4) is 0 Å². The highest BCUT2D eigenvalue weighted by Crippen LogP contribution is 2.33. The number of pyridine rings is 1. The molecule has 2 aromatic heterocycles. The van der Waals surface area contributed by atoms with Crippen LogP contribution >= 0.6 is 0 Å². The molecule has 0 aliphatic heterocycles. The molecule has 2 heteroatoms. The number of aryl methyl sites for hydroxylation is 1. The number of benzene rings is 1. The van der Waals surface area contributed by atoms with E-state index < -0.39 is 0 Å². The van der Waals surface area contributed by atoms with Gasteiger partial charge in [-0.25, -0.2) is 4.98 Å². The van der Waals surface area contributed by atoms with Gasteiger partial charge in [0.25, 0.3) is 0 Å². The van der Waals surface area contributed by atoms with E-state index in [-0.39, 0.29) is 0 Å². The molecule has 0 aliphatic carbocycles. The van der Waals surface area contributed by atoms with Gasteiger partial charge in [0.05, 0.1) is 5.52 Å². The molecule has 0 saturated carbocycles. The van der Waals surface area contributed by atoms with Gasteiger partial charge in [0.2, 0.25) is 0 Å². The molecular weight excluding hydrogens is 268 g/mol. The Morgan fingerprint density at radius 2 is 1.86 bits per heavy atom. The van der Waals surface area contributed by atoms with Crippen molar-refractivity contribution in [3.05, 3.63) is 52.9 Å². The summed E-state index contributed by atoms with van der Waals surface area (Å²) in [4.78, 5) is 4.59. The van der Waals surface area contributed by atoms with E-state index in [1.807, 2.05) is 6.20 Å². The quantitative estimate of drug-likeness (QED) is 0.589. The second-order valence-corrected chi connectivity index (χ2v) is 6.68. The van der Waals surface area contributed by atoms with Crippen molar-refractivity contribution < 1.29 is 0 Å². The van der Waals surface area contributed by atoms with Crippen LogP contribution in [0.4, 0.5) is 0 Å². The van der Waals surface area contributed by atoms with Gasteiger partial charge in [0, 0.05) is 23.3 Å². The van der Waals surface area contributed by atoms with Gasteiger partial charge in [0.15, 0.2) is 0 Å². The van der Waals surface area contributed by atoms with Crippen molar-refractivity contribution in [2.75, 3.05) is 0 Å². The van der Waals surface area contributed by atoms with Crippen LogP contribution in [0.25, 0.3) is 22.1 Å². The highest BCUT2D eigenvalue weighted by atomic mass is 15.0. The molecule has 3 aromatic rings. The number of imidazole rings is 1. The standard InChI is InChI=1S/C20H24N2/c1-12(2)14(5)19-15(6)20-21-9-10-22(20)18-11-16(13(3)4)7-8-17(18)19/h7-11,13H,1-6H3. The third kappa shape index (κ3) is 2.14. The van der Waals surface area contributed by atoms with Crippen LogP contribution in [-0.2, 0) is 0 Å². The van der Waals surface area contributed by atoms with Crippen molar-refractivity contribution >= 4 is 22.1 Å². The van der Waals surface area contributed by atoms with E-state index in [1.54, 1.807) is 0 Å². The van der Waals surface area contributed by atoms with Crippen molar-refractivity contribution in [3.8, 4) is 0 Å². The maximum atomic E-state index is 4.59. The Labute approximate surface area is 132 Å². The number of fused-ring (bicyclic) bond motifs is 3. The van der Waals surface area contributed by atoms with Gasteiger partial charge in [-0.15, -0.1) is 0 Å². The van der Waals surface area contributed by atoms with Gasteiger partial charge in [0.1, 0.15) is 5.65 Å². The predicted molar refractivity (Wildman–Crippen MR) is 95.5 cm³/mol. The summed E-state index contributed by atoms with van der Waals surface area (Å²) in [5, 5.41) is 1.31. The van der Waals surface area contributed by atoms with E-state index in [0.29, 0.717) is 5.92 Å². The normalized spacial score (nSPS) is 11.6. The van der Waals surface area contributed by atoms with Crippen LogP contribution < -0.4 is 0 Å². The van der Waals surface area contributed by atoms with Crippen LogP contribution in [0.2, 0.25) is 0 Å². The fourth-order valence-corrected chi connectivity index (χ4v) is 3.14. The zero-order chi connectivity index (χ0) is 16.0. The third-order valence-corrected chi connectivity index (χ3v) is 4.69. The van der Waals surface area contributed by atoms with Gasteiger partial charge < -0.3 is 0 Å². The van der Waals surface area contributed by atoms with Crippen molar-refractivity contribution in [1.29, 1.82) is 0 Å². The SMILES string of the molecule is CC(C)=C(C)c1c(C)c2nccn2c2cc(C(C)C)ccc12. The first-order chi connectivity index (χ1) is 10.4. The topological polar surface area (TPSA) is 17.3 Å². The molecule has 114 valence electrons. The molecular formula is C20H24N2. The first kappa shape index (κ1) is 14.8. The zero-order valence-corrected chi connectivity index (χ0v) is 14.4. The minimum absolute atomic E-state index is 0.525. The van der Waals surface area contributed by atoms with E-state index in [0.717, 1.165) is 5.65 Å². The molecule has 0 radical (unpaired) electrons. The third-order valence-electron chi connectivity index (χ3n) is 4.69. The monoisotopic (exact) mass is 292 g/mol. The molecule has 0 N–H and O–H groups in total. The summed E-state index contributed by atoms with van der Waals surface area (Å²) in [6, 6.07) is 6.85. The number of aromatic nitrogens is 2. The van der Waals surface area contributed by atoms with Crippen LogP contribution in [0.1, 0.15) is 57.2 Å². The zero-order valence-electron chi connectivity index (χ0n) is 14.4. The first-order valence-corrected chi connectivity index (χ1v) is 7.95. The summed E-state index contributed by atoms with van der Waals surface area (Å²) < 4.78 is 2.22. The Hall–Kier alpha value is -2.09. The summed E-state index contributed by atoms with van der Waals surface area (Å²) in [6.07, 6.45) is 3.96. The van der Waals surface area contributed by atoms with Gasteiger partial charge in [-0.2, -0.15) is 0 Å². The molecule has 0 fully saturated rings. The number of rotatable bonds is 2. The van der Waals surface area contributed by atoms with Crippen molar-refractivity contribution in [1.82, 2.24) is 9.38 Å². The van der Waals surface area contributed by atoms with Crippen LogP contribution in [-0.4, -0.2) is 9.38 Å². The van der Waals surface area contributed by atoms with Crippen LogP contribution in [0.15, 0.2) is 36.2 Å². The van der Waals surface area contributed by atoms with Gasteiger partial charge in [-0.1, -0.05) is 31.6 Å². The highest BCUT2D eigenvalue weighted by molar-refractivity contribution is 5.96. The second-order valence-electron chi connectivity index (χ2n) is 6.68. The summed E-state index contributed by atoms with van der Waals surface area (Å²) in [5.41, 5.74) is 8.98. The molecule has 0 bridgehead atoms. The average molecular weight is 292 g/mol. The fraction of sp³-hybridized carbons (Fsp3) is 0.350. The fourth-order valence-electron chi connectivity index (χ4n) is 3.14. The predicted octanol–water partition coefficient (Wildman–Crippen LogP) is 5.73. The lowest BCUT2D eigenvalue weighted by Gasteiger charge is -2.17. The maximum absolute atomic E-state index is 4.59. The first-order valence-electron chi connectivity index (χ1n) is 7.95. The Balaban J connectivity index is 2.53. The van der Waals surface area contributed by atoms with Crippen molar-refractivity contribution in [3.63, 3.8) is 0 Å². The van der Waals surface area contributed by atoms with Gasteiger partial charge >= 0.3 is 0 Å². The van der Waals surface area contributed by atoms with Gasteiger partial charge in [-0.3, -0.25) is 4.40 Å². The molecule has 22 heavy (non-hydrogen) atoms. The lowest BCUT2D eigenvalue weighted by Crippen LogP contribution is -1.99. The smallest absolute Gasteiger partial charge is 0.140 e. The molecule has 0 amide bonds. The van der Waals surface area contributed by atoms with Gasteiger partial charge in [-0.05, 0) is 56.4 Å². The molecule has 0 atom stereocenters. The van der Waals surface area contributed by atoms with E-state index >= 15 is 0 Å². The number of hydrogen-bond donors (Lipinski definition) is 0. The minimum Gasteiger partial charge on any atom is -0.299 e. The Morgan fingerprint density at radius 3 is 2.50 bits per heavy atom. The second kappa shape index (κ2) is 5.28. The molecule has 0 saturated heterocycles. The Kier molecular flexibility index (Phi) is 3.56. The lowest BCUT2D eigenvalue weighted by atomic mass is 9.92. The molecule has 0 spiro atoms. The summed E-state index contributed by atoms with van der Waals surface area (Å²) in [6.45, 7) is 13.2. The molecule has 0 aliphatic rings. The Morgan fingerprint density at radius 1 is 1.14 bits per heavy atom. The minimum atomic E-state index is 0.525. The lowest BCUT2D eigenvalue weighted by molar-refractivity contribution is 0.868. The van der Waals surface area contributed by atoms with Crippen LogP contribution in [0.5, 0.6) is 0 Å². The number of allylic oxidation sites excluding steroid dienone is 2. The van der Waals surface area contributed by atoms with E-state index in [9.17, 15) is 0 Å². The number of nitrogens with zero attached hydrogens (tertiary/aromatic N) is 2. The summed E-state index contributed by atoms with van der Waals surface area (Å²) in [5.74, 6) is 0.525. The summed E-state index contributed by atoms with van der Waals surface area (Å²) in [7, 11) is 0. The van der Waals surface area contributed by atoms with E-state index in [4.69, 9.17) is 0 Å². The molecule has 1 aromatic carbocycles. The molecule has 2 heterocycles. The van der Waals surface area contributed by atoms with Crippen LogP contribution in [0, 0.1) is 6.92 Å². The maximum Gasteiger partial charge on any atom is 0.140 e. The average Bonchev–Trinajstić information content (AvgIpc) is 2.96.